The van der Waals surface area contributed by atoms with Crippen molar-refractivity contribution in [3.8, 4) is 0 Å². The van der Waals surface area contributed by atoms with E-state index in [4.69, 9.17) is 0 Å². The Bertz CT molecular complexity index is 218. The molecular formula is C8H15IN2+2. The van der Waals surface area contributed by atoms with Crippen LogP contribution >= 0.6 is 0 Å². The Balaban J connectivity index is 0.000001000. The normalized spacial score (nSPS) is 9.36. The van der Waals surface area contributed by atoms with Gasteiger partial charge in [-0.2, -0.15) is 0 Å². The quantitative estimate of drug-likeness (QED) is 0.434. The highest BCUT2D eigenvalue weighted by atomic mass is 127. The van der Waals surface area contributed by atoms with Crippen molar-refractivity contribution in [3.05, 3.63) is 18.2 Å². The van der Waals surface area contributed by atoms with Gasteiger partial charge >= 0.3 is 24.0 Å². The van der Waals surface area contributed by atoms with E-state index >= 15 is 0 Å². The van der Waals surface area contributed by atoms with Crippen molar-refractivity contribution in [2.75, 3.05) is 0 Å². The average Bonchev–Trinajstić information content (AvgIpc) is 2.20. The van der Waals surface area contributed by atoms with E-state index in [1.54, 1.807) is 0 Å². The minimum absolute atomic E-state index is 0. The van der Waals surface area contributed by atoms with Gasteiger partial charge in [0.25, 0.3) is 5.82 Å². The molecule has 1 rings (SSSR count). The van der Waals surface area contributed by atoms with Crippen molar-refractivity contribution in [1.82, 2.24) is 4.57 Å². The molecule has 0 amide bonds. The van der Waals surface area contributed by atoms with Crippen LogP contribution in [-0.4, -0.2) is 4.57 Å². The van der Waals surface area contributed by atoms with E-state index in [9.17, 15) is 0 Å². The van der Waals surface area contributed by atoms with Gasteiger partial charge in [0.05, 0.1) is 13.6 Å². The highest BCUT2D eigenvalue weighted by Gasteiger charge is 2.05. The van der Waals surface area contributed by atoms with Crippen molar-refractivity contribution in [2.24, 2.45) is 7.05 Å². The molecule has 62 valence electrons. The van der Waals surface area contributed by atoms with Crippen LogP contribution in [-0.2, 0) is 13.6 Å². The third kappa shape index (κ3) is 2.47. The summed E-state index contributed by atoms with van der Waals surface area (Å²) in [4.78, 5) is 0. The maximum absolute atomic E-state index is 2.26. The van der Waals surface area contributed by atoms with Gasteiger partial charge in [-0.25, -0.2) is 9.13 Å². The monoisotopic (exact) mass is 266 g/mol. The van der Waals surface area contributed by atoms with E-state index in [-0.39, 0.29) is 24.0 Å². The highest BCUT2D eigenvalue weighted by Crippen LogP contribution is 1.88. The second-order valence-corrected chi connectivity index (χ2v) is 2.65. The molecule has 0 spiro atoms. The Morgan fingerprint density at radius 2 is 2.18 bits per heavy atom. The first-order valence-electron chi connectivity index (χ1n) is 3.77. The summed E-state index contributed by atoms with van der Waals surface area (Å²) in [5.41, 5.74) is 0. The molecule has 0 bridgehead atoms. The summed E-state index contributed by atoms with van der Waals surface area (Å²) in [6, 6.07) is 0. The van der Waals surface area contributed by atoms with E-state index in [1.165, 1.54) is 12.2 Å². The first kappa shape index (κ1) is 10.9. The molecule has 0 aliphatic rings. The molecule has 1 aromatic rings. The molecular weight excluding hydrogens is 251 g/mol. The topological polar surface area (TPSA) is 8.81 Å². The van der Waals surface area contributed by atoms with Crippen molar-refractivity contribution in [3.63, 3.8) is 0 Å². The van der Waals surface area contributed by atoms with E-state index in [0.29, 0.717) is 0 Å². The molecule has 0 saturated carbocycles. The number of halogens is 1. The highest BCUT2D eigenvalue weighted by molar-refractivity contribution is 4.76. The Labute approximate surface area is 85.2 Å². The van der Waals surface area contributed by atoms with Gasteiger partial charge in [0.15, 0.2) is 0 Å². The van der Waals surface area contributed by atoms with Gasteiger partial charge in [0.1, 0.15) is 12.4 Å². The molecule has 1 aromatic heterocycles. The maximum atomic E-state index is 2.26. The number of imidazole rings is 1. The lowest BCUT2D eigenvalue weighted by molar-refractivity contribution is -0.702. The second-order valence-electron chi connectivity index (χ2n) is 2.65. The van der Waals surface area contributed by atoms with Gasteiger partial charge in [0.2, 0.25) is 0 Å². The van der Waals surface area contributed by atoms with Gasteiger partial charge in [-0.05, 0) is 6.42 Å². The lowest BCUT2D eigenvalue weighted by atomic mass is 10.5. The third-order valence-electron chi connectivity index (χ3n) is 1.86. The van der Waals surface area contributed by atoms with Crippen LogP contribution in [0.3, 0.4) is 0 Å². The predicted octanol–water partition coefficient (Wildman–Crippen LogP) is -1.96. The molecule has 0 fully saturated rings. The van der Waals surface area contributed by atoms with Gasteiger partial charge in [-0.15, -0.1) is 0 Å². The first-order valence-corrected chi connectivity index (χ1v) is 3.77. The zero-order valence-electron chi connectivity index (χ0n) is 7.34. The fraction of sp³-hybridized carbons (Fsp3) is 0.625. The fourth-order valence-electron chi connectivity index (χ4n) is 1.08. The maximum Gasteiger partial charge on any atom is 1.00 e. The number of rotatable bonds is 2. The van der Waals surface area contributed by atoms with Gasteiger partial charge in [0, 0.05) is 6.92 Å². The molecule has 0 unspecified atom stereocenters. The van der Waals surface area contributed by atoms with Gasteiger partial charge in [-0.1, -0.05) is 6.92 Å². The van der Waals surface area contributed by atoms with Crippen molar-refractivity contribution in [2.45, 2.75) is 26.8 Å². The predicted molar refractivity (Wildman–Crippen MR) is 40.6 cm³/mol. The molecule has 2 radical (unpaired) electrons. The average molecular weight is 266 g/mol. The Morgan fingerprint density at radius 1 is 1.55 bits per heavy atom. The molecule has 11 heavy (non-hydrogen) atoms. The summed E-state index contributed by atoms with van der Waals surface area (Å²) in [5.74, 6) is 1.32. The minimum atomic E-state index is 0. The Morgan fingerprint density at radius 3 is 2.55 bits per heavy atom. The largest absolute Gasteiger partial charge is 1.00 e. The van der Waals surface area contributed by atoms with Gasteiger partial charge in [-0.3, -0.25) is 0 Å². The summed E-state index contributed by atoms with van der Waals surface area (Å²) < 4.78 is 4.40. The van der Waals surface area contributed by atoms with Crippen molar-refractivity contribution < 1.29 is 28.5 Å². The third-order valence-corrected chi connectivity index (χ3v) is 1.86. The number of aryl methyl sites for hydroxylation is 2. The number of hydrogen-bond acceptors (Lipinski definition) is 0. The minimum Gasteiger partial charge on any atom is -0.237 e. The van der Waals surface area contributed by atoms with E-state index in [0.717, 1.165) is 6.54 Å². The van der Waals surface area contributed by atoms with Crippen molar-refractivity contribution in [1.29, 1.82) is 0 Å². The van der Waals surface area contributed by atoms with Crippen LogP contribution in [0.5, 0.6) is 0 Å². The van der Waals surface area contributed by atoms with E-state index in [2.05, 4.69) is 42.4 Å². The van der Waals surface area contributed by atoms with Crippen LogP contribution in [0.1, 0.15) is 19.2 Å². The standard InChI is InChI=1S/C8H15N2.I/c1-4-5-10-7-6-9(3)8(10)2;/h6-7H,4-5H2,1-3H3;/q2*+1. The molecule has 3 heteroatoms. The van der Waals surface area contributed by atoms with Crippen LogP contribution in [0, 0.1) is 6.92 Å². The van der Waals surface area contributed by atoms with Crippen LogP contribution in [0.2, 0.25) is 0 Å². The zero-order chi connectivity index (χ0) is 7.56. The van der Waals surface area contributed by atoms with Crippen LogP contribution in [0.25, 0.3) is 0 Å². The molecule has 0 N–H and O–H groups in total. The smallest absolute Gasteiger partial charge is 0.237 e. The summed E-state index contributed by atoms with van der Waals surface area (Å²) >= 11 is 0. The van der Waals surface area contributed by atoms with Crippen LogP contribution < -0.4 is 28.5 Å². The molecule has 1 heterocycles. The number of aromatic nitrogens is 2. The van der Waals surface area contributed by atoms with Gasteiger partial charge < -0.3 is 0 Å². The molecule has 0 aromatic carbocycles. The molecule has 0 atom stereocenters. The Kier molecular flexibility index (Phi) is 4.72. The van der Waals surface area contributed by atoms with E-state index < -0.39 is 0 Å². The summed E-state index contributed by atoms with van der Waals surface area (Å²) in [6.45, 7) is 5.46. The van der Waals surface area contributed by atoms with Crippen molar-refractivity contribution >= 4 is 0 Å². The Hall–Kier alpha value is -0.0600. The molecule has 0 aliphatic heterocycles. The summed E-state index contributed by atoms with van der Waals surface area (Å²) in [6.07, 6.45) is 5.42. The molecule has 2 nitrogen and oxygen atoms in total. The molecule has 0 aliphatic carbocycles. The summed E-state index contributed by atoms with van der Waals surface area (Å²) in [7, 11) is 2.07. The first-order chi connectivity index (χ1) is 4.75. The second kappa shape index (κ2) is 4.74. The lowest BCUT2D eigenvalue weighted by Crippen LogP contribution is -3.00. The van der Waals surface area contributed by atoms with Crippen LogP contribution in [0.15, 0.2) is 12.4 Å². The summed E-state index contributed by atoms with van der Waals surface area (Å²) in [5, 5.41) is 0. The SMILES string of the molecule is CCC[n+]1ccn(C)c1C.[I+]. The zero-order valence-corrected chi connectivity index (χ0v) is 9.50. The van der Waals surface area contributed by atoms with E-state index in [1.807, 2.05) is 0 Å². The lowest BCUT2D eigenvalue weighted by Gasteiger charge is -1.93. The number of nitrogens with zero attached hydrogens (tertiary/aromatic N) is 2. The fourth-order valence-corrected chi connectivity index (χ4v) is 1.08. The number of hydrogen-bond donors (Lipinski definition) is 0. The molecule has 0 saturated heterocycles. The van der Waals surface area contributed by atoms with Crippen LogP contribution in [0.4, 0.5) is 0 Å².